The summed E-state index contributed by atoms with van der Waals surface area (Å²) in [7, 11) is 0. The summed E-state index contributed by atoms with van der Waals surface area (Å²) in [4.78, 5) is 12.4. The van der Waals surface area contributed by atoms with E-state index >= 15 is 0 Å². The molecule has 0 radical (unpaired) electrons. The maximum atomic E-state index is 13.0. The average molecular weight is 373 g/mol. The van der Waals surface area contributed by atoms with Gasteiger partial charge in [-0.05, 0) is 87.0 Å². The fourth-order valence-corrected chi connectivity index (χ4v) is 4.28. The van der Waals surface area contributed by atoms with Gasteiger partial charge in [-0.25, -0.2) is 4.39 Å². The van der Waals surface area contributed by atoms with Gasteiger partial charge in [0.25, 0.3) is 0 Å². The van der Waals surface area contributed by atoms with Crippen LogP contribution >= 0.6 is 0 Å². The first kappa shape index (κ1) is 19.5. The van der Waals surface area contributed by atoms with Crippen molar-refractivity contribution in [1.29, 1.82) is 5.26 Å². The van der Waals surface area contributed by atoms with E-state index in [0.717, 1.165) is 31.2 Å². The van der Waals surface area contributed by atoms with Crippen LogP contribution in [-0.2, 0) is 9.53 Å². The van der Waals surface area contributed by atoms with Crippen molar-refractivity contribution in [2.75, 3.05) is 0 Å². The highest BCUT2D eigenvalue weighted by molar-refractivity contribution is 5.72. The number of esters is 1. The Morgan fingerprint density at radius 3 is 2.26 bits per heavy atom. The highest BCUT2D eigenvalue weighted by atomic mass is 19.1. The molecular weight excluding hydrogens is 348 g/mol. The molecule has 1 aromatic rings. The number of ether oxygens (including phenoxy) is 1. The summed E-state index contributed by atoms with van der Waals surface area (Å²) in [6.45, 7) is 0. The van der Waals surface area contributed by atoms with Crippen molar-refractivity contribution in [3.8, 4) is 6.07 Å². The summed E-state index contributed by atoms with van der Waals surface area (Å²) in [6.07, 6.45) is 7.67. The van der Waals surface area contributed by atoms with Gasteiger partial charge in [-0.1, -0.05) is 12.1 Å². The third-order valence-corrected chi connectivity index (χ3v) is 5.89. The molecule has 0 spiro atoms. The molecular formula is C22H25F2NO2. The molecule has 0 N–H and O–H groups in total. The van der Waals surface area contributed by atoms with E-state index in [1.165, 1.54) is 24.3 Å². The molecule has 0 bridgehead atoms. The SMILES string of the molecule is N#CC(F)=C[C@H]1CC[C@H](C(=O)O[C@H]2CC[C@H](c3ccc(F)cc3)CC2)CC1. The van der Waals surface area contributed by atoms with Gasteiger partial charge < -0.3 is 4.74 Å². The first-order valence-electron chi connectivity index (χ1n) is 9.78. The summed E-state index contributed by atoms with van der Waals surface area (Å²) in [5.74, 6) is -0.767. The monoisotopic (exact) mass is 373 g/mol. The van der Waals surface area contributed by atoms with Crippen LogP contribution < -0.4 is 0 Å². The van der Waals surface area contributed by atoms with E-state index in [1.54, 1.807) is 0 Å². The molecule has 2 aliphatic carbocycles. The van der Waals surface area contributed by atoms with Crippen LogP contribution in [0.2, 0.25) is 0 Å². The lowest BCUT2D eigenvalue weighted by Crippen LogP contribution is -2.29. The first-order chi connectivity index (χ1) is 13.0. The number of carbonyl (C=O) groups excluding carboxylic acids is 1. The molecule has 1 aromatic carbocycles. The Labute approximate surface area is 159 Å². The Balaban J connectivity index is 1.42. The topological polar surface area (TPSA) is 50.1 Å². The van der Waals surface area contributed by atoms with Crippen molar-refractivity contribution in [1.82, 2.24) is 0 Å². The first-order valence-corrected chi connectivity index (χ1v) is 9.78. The van der Waals surface area contributed by atoms with Crippen molar-refractivity contribution in [2.45, 2.75) is 63.4 Å². The highest BCUT2D eigenvalue weighted by Crippen LogP contribution is 2.36. The number of halogens is 2. The Morgan fingerprint density at radius 1 is 1.04 bits per heavy atom. The van der Waals surface area contributed by atoms with E-state index in [2.05, 4.69) is 0 Å². The maximum absolute atomic E-state index is 13.0. The molecule has 27 heavy (non-hydrogen) atoms. The lowest BCUT2D eigenvalue weighted by Gasteiger charge is -2.31. The van der Waals surface area contributed by atoms with E-state index in [0.29, 0.717) is 31.6 Å². The molecule has 0 saturated heterocycles. The minimum Gasteiger partial charge on any atom is -0.462 e. The van der Waals surface area contributed by atoms with E-state index in [-0.39, 0.29) is 29.7 Å². The Morgan fingerprint density at radius 2 is 1.67 bits per heavy atom. The molecule has 3 nitrogen and oxygen atoms in total. The second-order valence-electron chi connectivity index (χ2n) is 7.70. The largest absolute Gasteiger partial charge is 0.462 e. The van der Waals surface area contributed by atoms with Gasteiger partial charge in [-0.15, -0.1) is 0 Å². The number of rotatable bonds is 4. The van der Waals surface area contributed by atoms with E-state index in [1.807, 2.05) is 12.1 Å². The highest BCUT2D eigenvalue weighted by Gasteiger charge is 2.30. The van der Waals surface area contributed by atoms with Crippen molar-refractivity contribution < 1.29 is 18.3 Å². The molecule has 0 unspecified atom stereocenters. The number of nitrogens with zero attached hydrogens (tertiary/aromatic N) is 1. The standard InChI is InChI=1S/C22H25F2NO2/c23-19-9-5-16(6-10-19)17-7-11-21(12-8-17)27-22(26)18-3-1-15(2-4-18)13-20(24)14-25/h5-6,9-10,13,15,17-18,21H,1-4,7-8,11-12H2/t15-,17-,18-,21-. The van der Waals surface area contributed by atoms with Gasteiger partial charge in [0.15, 0.2) is 5.83 Å². The summed E-state index contributed by atoms with van der Waals surface area (Å²) >= 11 is 0. The van der Waals surface area contributed by atoms with E-state index in [4.69, 9.17) is 10.00 Å². The van der Waals surface area contributed by atoms with Gasteiger partial charge in [0.05, 0.1) is 5.92 Å². The summed E-state index contributed by atoms with van der Waals surface area (Å²) in [5.41, 5.74) is 1.15. The predicted octanol–water partition coefficient (Wildman–Crippen LogP) is 5.58. The smallest absolute Gasteiger partial charge is 0.309 e. The summed E-state index contributed by atoms with van der Waals surface area (Å²) in [6, 6.07) is 8.18. The number of hydrogen-bond donors (Lipinski definition) is 0. The van der Waals surface area contributed by atoms with Crippen LogP contribution in [0, 0.1) is 29.0 Å². The van der Waals surface area contributed by atoms with Crippen LogP contribution in [0.3, 0.4) is 0 Å². The molecule has 0 atom stereocenters. The van der Waals surface area contributed by atoms with E-state index in [9.17, 15) is 13.6 Å². The third-order valence-electron chi connectivity index (χ3n) is 5.89. The quantitative estimate of drug-likeness (QED) is 0.511. The molecule has 0 aromatic heterocycles. The van der Waals surface area contributed by atoms with Crippen LogP contribution in [0.5, 0.6) is 0 Å². The van der Waals surface area contributed by atoms with Gasteiger partial charge >= 0.3 is 5.97 Å². The van der Waals surface area contributed by atoms with Gasteiger partial charge in [0.2, 0.25) is 0 Å². The van der Waals surface area contributed by atoms with E-state index < -0.39 is 5.83 Å². The lowest BCUT2D eigenvalue weighted by molar-refractivity contribution is -0.157. The number of hydrogen-bond acceptors (Lipinski definition) is 3. The fourth-order valence-electron chi connectivity index (χ4n) is 4.28. The molecule has 144 valence electrons. The van der Waals surface area contributed by atoms with Gasteiger partial charge in [0, 0.05) is 0 Å². The number of allylic oxidation sites excluding steroid dienone is 2. The zero-order valence-electron chi connectivity index (χ0n) is 15.4. The molecule has 3 rings (SSSR count). The molecule has 5 heteroatoms. The van der Waals surface area contributed by atoms with Crippen molar-refractivity contribution in [3.63, 3.8) is 0 Å². The second kappa shape index (κ2) is 9.12. The lowest BCUT2D eigenvalue weighted by atomic mass is 9.81. The normalized spacial score (nSPS) is 29.0. The zero-order chi connectivity index (χ0) is 19.2. The van der Waals surface area contributed by atoms with Crippen LogP contribution in [-0.4, -0.2) is 12.1 Å². The van der Waals surface area contributed by atoms with Crippen LogP contribution in [0.1, 0.15) is 62.8 Å². The zero-order valence-corrected chi connectivity index (χ0v) is 15.4. The summed E-state index contributed by atoms with van der Waals surface area (Å²) in [5, 5.41) is 8.51. The van der Waals surface area contributed by atoms with Crippen LogP contribution in [0.15, 0.2) is 36.2 Å². The van der Waals surface area contributed by atoms with Gasteiger partial charge in [0.1, 0.15) is 18.0 Å². The molecule has 0 amide bonds. The maximum Gasteiger partial charge on any atom is 0.309 e. The molecule has 2 saturated carbocycles. The average Bonchev–Trinajstić information content (AvgIpc) is 2.69. The minimum atomic E-state index is -0.737. The van der Waals surface area contributed by atoms with Crippen molar-refractivity contribution >= 4 is 5.97 Å². The molecule has 0 heterocycles. The third kappa shape index (κ3) is 5.38. The number of carbonyl (C=O) groups is 1. The van der Waals surface area contributed by atoms with Gasteiger partial charge in [-0.3, -0.25) is 4.79 Å². The predicted molar refractivity (Wildman–Crippen MR) is 97.7 cm³/mol. The summed E-state index contributed by atoms with van der Waals surface area (Å²) < 4.78 is 31.8. The molecule has 2 fully saturated rings. The molecule has 0 aliphatic heterocycles. The second-order valence-corrected chi connectivity index (χ2v) is 7.70. The molecule has 2 aliphatic rings. The number of nitriles is 1. The Bertz CT molecular complexity index is 707. The number of benzene rings is 1. The van der Waals surface area contributed by atoms with Crippen molar-refractivity contribution in [2.24, 2.45) is 11.8 Å². The van der Waals surface area contributed by atoms with Crippen LogP contribution in [0.4, 0.5) is 8.78 Å². The fraction of sp³-hybridized carbons (Fsp3) is 0.545. The van der Waals surface area contributed by atoms with Crippen LogP contribution in [0.25, 0.3) is 0 Å². The Hall–Kier alpha value is -2.22. The minimum absolute atomic E-state index is 0.0390. The Kier molecular flexibility index (Phi) is 6.60. The van der Waals surface area contributed by atoms with Crippen molar-refractivity contribution in [3.05, 3.63) is 47.5 Å². The van der Waals surface area contributed by atoms with Gasteiger partial charge in [-0.2, -0.15) is 9.65 Å².